The molecule has 32 heavy (non-hydrogen) atoms. The van der Waals surface area contributed by atoms with E-state index in [1.807, 2.05) is 60.7 Å². The van der Waals surface area contributed by atoms with E-state index in [2.05, 4.69) is 0 Å². The molecule has 0 spiro atoms. The lowest BCUT2D eigenvalue weighted by atomic mass is 9.82. The molecule has 0 bridgehead atoms. The summed E-state index contributed by atoms with van der Waals surface area (Å²) in [6.45, 7) is 0. The summed E-state index contributed by atoms with van der Waals surface area (Å²) in [6, 6.07) is 26.3. The number of carbonyl (C=O) groups is 2. The Hall–Kier alpha value is -3.48. The molecule has 4 N–H and O–H groups in total. The molecule has 0 amide bonds. The second-order valence-corrected chi connectivity index (χ2v) is 9.44. The van der Waals surface area contributed by atoms with Crippen LogP contribution in [0.3, 0.4) is 0 Å². The fraction of sp³-hybridized carbons (Fsp3) is 0. The number of rotatable bonds is 4. The zero-order valence-electron chi connectivity index (χ0n) is 16.9. The highest BCUT2D eigenvalue weighted by Crippen LogP contribution is 2.50. The topological polar surface area (TPSA) is 86.2 Å². The molecule has 0 radical (unpaired) electrons. The standard InChI is InChI=1S/C26H18N2O2S2/c27-21-19-20(24(30)18-14-8-7-13-17(18)23(19)29)22(28)26(32-16-11-5-2-6-12-16)25(21)31-15-9-3-1-4-10-15/h1-14H,27-28H2. The van der Waals surface area contributed by atoms with Gasteiger partial charge in [-0.2, -0.15) is 0 Å². The Balaban J connectivity index is 1.76. The van der Waals surface area contributed by atoms with Crippen molar-refractivity contribution in [1.82, 2.24) is 0 Å². The summed E-state index contributed by atoms with van der Waals surface area (Å²) in [6.07, 6.45) is 0. The van der Waals surface area contributed by atoms with Gasteiger partial charge in [-0.15, -0.1) is 0 Å². The van der Waals surface area contributed by atoms with E-state index in [1.165, 1.54) is 23.5 Å². The van der Waals surface area contributed by atoms with Gasteiger partial charge >= 0.3 is 0 Å². The fourth-order valence-electron chi connectivity index (χ4n) is 3.78. The Morgan fingerprint density at radius 1 is 0.500 bits per heavy atom. The zero-order chi connectivity index (χ0) is 22.2. The maximum Gasteiger partial charge on any atom is 0.196 e. The number of hydrogen-bond donors (Lipinski definition) is 2. The predicted octanol–water partition coefficient (Wildman–Crippen LogP) is 5.93. The summed E-state index contributed by atoms with van der Waals surface area (Å²) in [5.41, 5.74) is 14.9. The van der Waals surface area contributed by atoms with E-state index in [9.17, 15) is 9.59 Å². The molecule has 0 unspecified atom stereocenters. The Kier molecular flexibility index (Phi) is 5.25. The SMILES string of the molecule is Nc1c(Sc2ccccc2)c(Sc2ccccc2)c(N)c2c1C(=O)c1ccccc1C2=O. The van der Waals surface area contributed by atoms with E-state index in [0.717, 1.165) is 9.79 Å². The molecule has 1 aliphatic rings. The van der Waals surface area contributed by atoms with Crippen LogP contribution in [0.1, 0.15) is 31.8 Å². The zero-order valence-corrected chi connectivity index (χ0v) is 18.5. The van der Waals surface area contributed by atoms with Gasteiger partial charge in [0.2, 0.25) is 0 Å². The average Bonchev–Trinajstić information content (AvgIpc) is 2.83. The molecule has 4 nitrogen and oxygen atoms in total. The van der Waals surface area contributed by atoms with Crippen molar-refractivity contribution in [2.24, 2.45) is 0 Å². The quantitative estimate of drug-likeness (QED) is 0.327. The van der Waals surface area contributed by atoms with Crippen LogP contribution >= 0.6 is 23.5 Å². The first-order valence-corrected chi connectivity index (χ1v) is 11.6. The number of nitrogens with two attached hydrogens (primary N) is 2. The van der Waals surface area contributed by atoms with Crippen LogP contribution in [0.4, 0.5) is 11.4 Å². The summed E-state index contributed by atoms with van der Waals surface area (Å²) in [7, 11) is 0. The third-order valence-electron chi connectivity index (χ3n) is 5.28. The lowest BCUT2D eigenvalue weighted by molar-refractivity contribution is 0.0980. The van der Waals surface area contributed by atoms with Crippen molar-refractivity contribution in [3.8, 4) is 0 Å². The number of nitrogen functional groups attached to an aromatic ring is 2. The van der Waals surface area contributed by atoms with Crippen molar-refractivity contribution in [2.45, 2.75) is 19.6 Å². The number of carbonyl (C=O) groups excluding carboxylic acids is 2. The summed E-state index contributed by atoms with van der Waals surface area (Å²) in [5.74, 6) is -0.545. The Labute approximate surface area is 194 Å². The van der Waals surface area contributed by atoms with Crippen LogP contribution in [0.2, 0.25) is 0 Å². The summed E-state index contributed by atoms with van der Waals surface area (Å²) in [4.78, 5) is 30.1. The number of hydrogen-bond acceptors (Lipinski definition) is 6. The van der Waals surface area contributed by atoms with E-state index >= 15 is 0 Å². The molecule has 0 saturated carbocycles. The van der Waals surface area contributed by atoms with Crippen LogP contribution in [0.25, 0.3) is 0 Å². The molecule has 156 valence electrons. The van der Waals surface area contributed by atoms with Gasteiger partial charge in [0.05, 0.1) is 32.3 Å². The second-order valence-electron chi connectivity index (χ2n) is 7.27. The van der Waals surface area contributed by atoms with Crippen molar-refractivity contribution in [3.63, 3.8) is 0 Å². The maximum absolute atomic E-state index is 13.4. The van der Waals surface area contributed by atoms with Gasteiger partial charge in [-0.3, -0.25) is 9.59 Å². The first kappa shape index (κ1) is 20.4. The lowest BCUT2D eigenvalue weighted by Gasteiger charge is -2.25. The minimum atomic E-state index is -0.273. The molecule has 6 heteroatoms. The molecule has 0 aromatic heterocycles. The molecule has 0 atom stereocenters. The van der Waals surface area contributed by atoms with Crippen LogP contribution in [0.15, 0.2) is 105 Å². The summed E-state index contributed by atoms with van der Waals surface area (Å²) in [5, 5.41) is 0. The van der Waals surface area contributed by atoms with Crippen molar-refractivity contribution in [3.05, 3.63) is 107 Å². The number of anilines is 2. The van der Waals surface area contributed by atoms with E-state index < -0.39 is 0 Å². The maximum atomic E-state index is 13.4. The van der Waals surface area contributed by atoms with E-state index in [-0.39, 0.29) is 34.1 Å². The van der Waals surface area contributed by atoms with Gasteiger partial charge in [0.15, 0.2) is 11.6 Å². The van der Waals surface area contributed by atoms with Crippen LogP contribution in [-0.2, 0) is 0 Å². The van der Waals surface area contributed by atoms with Crippen LogP contribution in [0.5, 0.6) is 0 Å². The van der Waals surface area contributed by atoms with Crippen molar-refractivity contribution >= 4 is 46.5 Å². The fourth-order valence-corrected chi connectivity index (χ4v) is 5.91. The smallest absolute Gasteiger partial charge is 0.196 e. The molecule has 0 fully saturated rings. The molecule has 1 aliphatic carbocycles. The van der Waals surface area contributed by atoms with E-state index in [1.54, 1.807) is 24.3 Å². The van der Waals surface area contributed by atoms with Gasteiger partial charge in [0.25, 0.3) is 0 Å². The van der Waals surface area contributed by atoms with Gasteiger partial charge in [-0.1, -0.05) is 84.2 Å². The van der Waals surface area contributed by atoms with Crippen molar-refractivity contribution in [1.29, 1.82) is 0 Å². The Morgan fingerprint density at radius 2 is 0.844 bits per heavy atom. The predicted molar refractivity (Wildman–Crippen MR) is 130 cm³/mol. The van der Waals surface area contributed by atoms with Gasteiger partial charge in [0, 0.05) is 20.9 Å². The van der Waals surface area contributed by atoms with Crippen LogP contribution < -0.4 is 11.5 Å². The Morgan fingerprint density at radius 3 is 1.22 bits per heavy atom. The lowest BCUT2D eigenvalue weighted by Crippen LogP contribution is -2.24. The van der Waals surface area contributed by atoms with Gasteiger partial charge in [-0.25, -0.2) is 0 Å². The molecular formula is C26H18N2O2S2. The molecule has 0 heterocycles. The van der Waals surface area contributed by atoms with Crippen molar-refractivity contribution in [2.75, 3.05) is 11.5 Å². The third-order valence-corrected chi connectivity index (χ3v) is 7.68. The molecular weight excluding hydrogens is 436 g/mol. The highest BCUT2D eigenvalue weighted by molar-refractivity contribution is 8.02. The average molecular weight is 455 g/mol. The third kappa shape index (κ3) is 3.38. The van der Waals surface area contributed by atoms with Crippen molar-refractivity contribution < 1.29 is 9.59 Å². The number of ketones is 2. The number of fused-ring (bicyclic) bond motifs is 2. The Bertz CT molecular complexity index is 1260. The monoisotopic (exact) mass is 454 g/mol. The molecule has 4 aromatic carbocycles. The van der Waals surface area contributed by atoms with Crippen LogP contribution in [-0.4, -0.2) is 11.6 Å². The van der Waals surface area contributed by atoms with Gasteiger partial charge < -0.3 is 11.5 Å². The largest absolute Gasteiger partial charge is 0.397 e. The normalized spacial score (nSPS) is 12.4. The van der Waals surface area contributed by atoms with E-state index in [4.69, 9.17) is 11.5 Å². The summed E-state index contributed by atoms with van der Waals surface area (Å²) >= 11 is 2.88. The molecule has 0 aliphatic heterocycles. The molecule has 0 saturated heterocycles. The van der Waals surface area contributed by atoms with Crippen LogP contribution in [0, 0.1) is 0 Å². The molecule has 5 rings (SSSR count). The summed E-state index contributed by atoms with van der Waals surface area (Å²) < 4.78 is 0. The highest BCUT2D eigenvalue weighted by Gasteiger charge is 2.36. The minimum absolute atomic E-state index is 0.196. The first-order chi connectivity index (χ1) is 15.6. The second kappa shape index (κ2) is 8.22. The molecule has 4 aromatic rings. The minimum Gasteiger partial charge on any atom is -0.397 e. The highest BCUT2D eigenvalue weighted by atomic mass is 32.2. The van der Waals surface area contributed by atoms with Gasteiger partial charge in [0.1, 0.15) is 0 Å². The number of benzene rings is 4. The van der Waals surface area contributed by atoms with Gasteiger partial charge in [-0.05, 0) is 24.3 Å². The van der Waals surface area contributed by atoms with E-state index in [0.29, 0.717) is 20.9 Å². The first-order valence-electron chi connectivity index (χ1n) is 9.95.